The van der Waals surface area contributed by atoms with E-state index in [1.54, 1.807) is 0 Å². The molecule has 0 amide bonds. The average molecular weight is 473 g/mol. The maximum Gasteiger partial charge on any atom is 0.414 e. The van der Waals surface area contributed by atoms with E-state index in [1.165, 1.54) is 42.8 Å². The normalized spacial score (nSPS) is 11.4. The van der Waals surface area contributed by atoms with Crippen molar-refractivity contribution in [1.29, 1.82) is 0 Å². The zero-order chi connectivity index (χ0) is 22.2. The summed E-state index contributed by atoms with van der Waals surface area (Å²) in [6.45, 7) is 3.35. The van der Waals surface area contributed by atoms with Crippen LogP contribution in [0, 0.1) is 0 Å². The van der Waals surface area contributed by atoms with E-state index in [2.05, 4.69) is 52.1 Å². The maximum atomic E-state index is 9.10. The number of aryl methyl sites for hydroxylation is 1. The summed E-state index contributed by atoms with van der Waals surface area (Å²) < 4.78 is 2.16. The molecule has 1 aromatic heterocycles. The first-order valence-electron chi connectivity index (χ1n) is 9.78. The van der Waals surface area contributed by atoms with Gasteiger partial charge in [0.2, 0.25) is 0 Å². The van der Waals surface area contributed by atoms with E-state index in [-0.39, 0.29) is 0 Å². The molecule has 0 aliphatic heterocycles. The molecule has 6 nitrogen and oxygen atoms in total. The molecule has 1 atom stereocenters. The zero-order valence-corrected chi connectivity index (χ0v) is 19.5. The largest absolute Gasteiger partial charge is 0.473 e. The number of aromatic nitrogens is 2. The van der Waals surface area contributed by atoms with Crippen molar-refractivity contribution in [2.24, 2.45) is 0 Å². The van der Waals surface area contributed by atoms with E-state index in [9.17, 15) is 0 Å². The molecular weight excluding hydrogens is 444 g/mol. The molecule has 1 unspecified atom stereocenters. The fourth-order valence-electron chi connectivity index (χ4n) is 2.42. The molecule has 2 rings (SSSR count). The Kier molecular flexibility index (Phi) is 14.2. The van der Waals surface area contributed by atoms with Crippen LogP contribution in [0.1, 0.15) is 38.2 Å². The number of halogens is 1. The van der Waals surface area contributed by atoms with Gasteiger partial charge in [-0.25, -0.2) is 14.6 Å². The number of hydrogen-bond donors (Lipinski definition) is 2. The van der Waals surface area contributed by atoms with Gasteiger partial charge in [-0.15, -0.1) is 0 Å². The number of benzene rings is 1. The molecule has 0 radical (unpaired) electrons. The average Bonchev–Trinajstić information content (AvgIpc) is 3.24. The molecule has 0 saturated heterocycles. The van der Waals surface area contributed by atoms with Gasteiger partial charge in [0.05, 0.1) is 6.33 Å². The molecule has 0 spiro atoms. The summed E-state index contributed by atoms with van der Waals surface area (Å²) in [7, 11) is 0. The molecule has 0 fully saturated rings. The van der Waals surface area contributed by atoms with E-state index in [1.807, 2.05) is 30.9 Å². The van der Waals surface area contributed by atoms with Gasteiger partial charge in [-0.2, -0.15) is 23.5 Å². The monoisotopic (exact) mass is 472 g/mol. The van der Waals surface area contributed by atoms with Crippen molar-refractivity contribution >= 4 is 47.1 Å². The number of carboxylic acid groups (broad SMARTS) is 2. The maximum absolute atomic E-state index is 9.10. The summed E-state index contributed by atoms with van der Waals surface area (Å²) in [5, 5.41) is 16.4. The lowest BCUT2D eigenvalue weighted by atomic mass is 10.2. The standard InChI is InChI=1S/C19H27ClN2S2.C2H2O4/c1-2-3-5-19(24-14-17-6-8-18(20)9-7-17)15-23-13-4-11-22-12-10-21-16-22;3-1(4)2(5)6/h6-10,12,16,19H,2-5,11,13-15H2,1H3;(H,3,4)(H,5,6). The van der Waals surface area contributed by atoms with Crippen LogP contribution >= 0.6 is 35.1 Å². The van der Waals surface area contributed by atoms with Crippen LogP contribution in [0.5, 0.6) is 0 Å². The molecule has 0 bridgehead atoms. The Balaban J connectivity index is 0.000000656. The predicted octanol–water partition coefficient (Wildman–Crippen LogP) is 5.31. The van der Waals surface area contributed by atoms with Crippen molar-refractivity contribution < 1.29 is 19.8 Å². The quantitative estimate of drug-likeness (QED) is 0.319. The van der Waals surface area contributed by atoms with E-state index in [4.69, 9.17) is 31.4 Å². The van der Waals surface area contributed by atoms with Gasteiger partial charge >= 0.3 is 11.9 Å². The Morgan fingerprint density at radius 1 is 1.17 bits per heavy atom. The first-order valence-corrected chi connectivity index (χ1v) is 12.4. The van der Waals surface area contributed by atoms with E-state index >= 15 is 0 Å². The van der Waals surface area contributed by atoms with Crippen LogP contribution in [0.25, 0.3) is 0 Å². The lowest BCUT2D eigenvalue weighted by molar-refractivity contribution is -0.159. The minimum absolute atomic E-state index is 0.749. The molecule has 0 aliphatic carbocycles. The second-order valence-corrected chi connectivity index (χ2v) is 9.42. The molecule has 1 aromatic carbocycles. The second kappa shape index (κ2) is 16.1. The number of thioether (sulfide) groups is 2. The number of hydrogen-bond acceptors (Lipinski definition) is 5. The Morgan fingerprint density at radius 3 is 2.43 bits per heavy atom. The number of imidazole rings is 1. The smallest absolute Gasteiger partial charge is 0.414 e. The zero-order valence-electron chi connectivity index (χ0n) is 17.1. The highest BCUT2D eigenvalue weighted by Crippen LogP contribution is 2.26. The summed E-state index contributed by atoms with van der Waals surface area (Å²) in [6, 6.07) is 8.27. The second-order valence-electron chi connectivity index (χ2n) is 6.54. The Morgan fingerprint density at radius 2 is 1.87 bits per heavy atom. The first-order chi connectivity index (χ1) is 14.4. The molecule has 2 N–H and O–H groups in total. The Hall–Kier alpha value is -1.64. The van der Waals surface area contributed by atoms with E-state index in [0.29, 0.717) is 0 Å². The lowest BCUT2D eigenvalue weighted by Gasteiger charge is -2.16. The Labute approximate surface area is 191 Å². The number of nitrogens with zero attached hydrogens (tertiary/aromatic N) is 2. The summed E-state index contributed by atoms with van der Waals surface area (Å²) in [4.78, 5) is 22.3. The van der Waals surface area contributed by atoms with Crippen molar-refractivity contribution in [3.63, 3.8) is 0 Å². The van der Waals surface area contributed by atoms with Crippen molar-refractivity contribution in [1.82, 2.24) is 9.55 Å². The Bertz CT molecular complexity index is 715. The summed E-state index contributed by atoms with van der Waals surface area (Å²) in [5.41, 5.74) is 1.37. The molecule has 9 heteroatoms. The van der Waals surface area contributed by atoms with Gasteiger partial charge in [0.15, 0.2) is 0 Å². The number of rotatable bonds is 12. The van der Waals surface area contributed by atoms with Crippen LogP contribution in [0.15, 0.2) is 43.0 Å². The van der Waals surface area contributed by atoms with Crippen molar-refractivity contribution in [2.45, 2.75) is 50.2 Å². The van der Waals surface area contributed by atoms with E-state index < -0.39 is 11.9 Å². The number of unbranched alkanes of at least 4 members (excludes halogenated alkanes) is 1. The lowest BCUT2D eigenvalue weighted by Crippen LogP contribution is -2.09. The van der Waals surface area contributed by atoms with Gasteiger partial charge in [-0.3, -0.25) is 0 Å². The van der Waals surface area contributed by atoms with Crippen LogP contribution < -0.4 is 0 Å². The highest BCUT2D eigenvalue weighted by molar-refractivity contribution is 8.03. The van der Waals surface area contributed by atoms with Crippen LogP contribution in [-0.2, 0) is 21.9 Å². The summed E-state index contributed by atoms with van der Waals surface area (Å²) in [5.74, 6) is -0.0870. The minimum atomic E-state index is -1.82. The van der Waals surface area contributed by atoms with Crippen molar-refractivity contribution in [3.05, 3.63) is 53.6 Å². The number of aliphatic carboxylic acids is 2. The van der Waals surface area contributed by atoms with Gasteiger partial charge < -0.3 is 14.8 Å². The molecule has 30 heavy (non-hydrogen) atoms. The third kappa shape index (κ3) is 12.8. The summed E-state index contributed by atoms with van der Waals surface area (Å²) in [6.07, 6.45) is 10.9. The highest BCUT2D eigenvalue weighted by atomic mass is 35.5. The predicted molar refractivity (Wildman–Crippen MR) is 126 cm³/mol. The van der Waals surface area contributed by atoms with Gasteiger partial charge in [0.1, 0.15) is 0 Å². The topological polar surface area (TPSA) is 92.4 Å². The summed E-state index contributed by atoms with van der Waals surface area (Å²) >= 11 is 10.2. The van der Waals surface area contributed by atoms with Crippen LogP contribution in [0.2, 0.25) is 5.02 Å². The first kappa shape index (κ1) is 26.4. The third-order valence-corrected chi connectivity index (χ3v) is 7.08. The van der Waals surface area contributed by atoms with Crippen molar-refractivity contribution in [2.75, 3.05) is 11.5 Å². The van der Waals surface area contributed by atoms with E-state index in [0.717, 1.165) is 22.6 Å². The minimum Gasteiger partial charge on any atom is -0.473 e. The molecule has 0 aliphatic rings. The molecule has 1 heterocycles. The van der Waals surface area contributed by atoms with Gasteiger partial charge in [-0.05, 0) is 36.3 Å². The molecule has 2 aromatic rings. The molecule has 0 saturated carbocycles. The highest BCUT2D eigenvalue weighted by Gasteiger charge is 2.09. The van der Waals surface area contributed by atoms with Gasteiger partial charge in [-0.1, -0.05) is 43.5 Å². The molecular formula is C21H29ClN2O4S2. The van der Waals surface area contributed by atoms with Crippen LogP contribution in [-0.4, -0.2) is 48.5 Å². The van der Waals surface area contributed by atoms with Gasteiger partial charge in [0, 0.05) is 40.7 Å². The molecule has 166 valence electrons. The van der Waals surface area contributed by atoms with Crippen molar-refractivity contribution in [3.8, 4) is 0 Å². The van der Waals surface area contributed by atoms with Crippen LogP contribution in [0.3, 0.4) is 0 Å². The fraction of sp³-hybridized carbons (Fsp3) is 0.476. The third-order valence-electron chi connectivity index (χ3n) is 4.03. The van der Waals surface area contributed by atoms with Crippen LogP contribution in [0.4, 0.5) is 0 Å². The SMILES string of the molecule is CCCCC(CSCCCn1ccnc1)SCc1ccc(Cl)cc1.O=C(O)C(=O)O. The fourth-order valence-corrected chi connectivity index (χ4v) is 5.11. The number of carbonyl (C=O) groups is 2. The number of carboxylic acids is 2. The van der Waals surface area contributed by atoms with Gasteiger partial charge in [0.25, 0.3) is 0 Å².